The summed E-state index contributed by atoms with van der Waals surface area (Å²) in [5, 5.41) is 0. The van der Waals surface area contributed by atoms with Crippen LogP contribution < -0.4 is 15.0 Å². The van der Waals surface area contributed by atoms with Gasteiger partial charge in [-0.2, -0.15) is 0 Å². The zero-order chi connectivity index (χ0) is 28.3. The fraction of sp³-hybridized carbons (Fsp3) is 0.444. The van der Waals surface area contributed by atoms with Crippen LogP contribution in [-0.2, 0) is 27.7 Å². The van der Waals surface area contributed by atoms with E-state index in [0.717, 1.165) is 22.5 Å². The highest BCUT2D eigenvalue weighted by molar-refractivity contribution is 7.88. The van der Waals surface area contributed by atoms with E-state index in [1.807, 2.05) is 6.92 Å². The molecule has 1 aliphatic heterocycles. The van der Waals surface area contributed by atoms with Crippen molar-refractivity contribution >= 4 is 27.0 Å². The van der Waals surface area contributed by atoms with Crippen LogP contribution in [0.2, 0.25) is 0 Å². The van der Waals surface area contributed by atoms with Crippen LogP contribution >= 0.6 is 0 Å². The minimum absolute atomic E-state index is 0.0223. The van der Waals surface area contributed by atoms with Crippen LogP contribution in [0.1, 0.15) is 48.2 Å². The highest BCUT2D eigenvalue weighted by atomic mass is 32.2. The van der Waals surface area contributed by atoms with E-state index in [0.29, 0.717) is 29.7 Å². The quantitative estimate of drug-likeness (QED) is 0.259. The second-order valence-electron chi connectivity index (χ2n) is 9.44. The van der Waals surface area contributed by atoms with Gasteiger partial charge in [-0.05, 0) is 31.0 Å². The molecule has 0 aliphatic carbocycles. The Hall–Kier alpha value is -3.51. The maximum absolute atomic E-state index is 13.8. The number of hydrogen-bond donors (Lipinski definition) is 0. The molecule has 210 valence electrons. The molecule has 0 saturated carbocycles. The number of benzene rings is 1. The molecule has 0 amide bonds. The van der Waals surface area contributed by atoms with Crippen molar-refractivity contribution < 1.29 is 31.8 Å². The largest absolute Gasteiger partial charge is 0.490 e. The lowest BCUT2D eigenvalue weighted by atomic mass is 10.0. The molecule has 39 heavy (non-hydrogen) atoms. The van der Waals surface area contributed by atoms with Crippen LogP contribution in [0.25, 0.3) is 11.0 Å². The Kier molecular flexibility index (Phi) is 8.55. The summed E-state index contributed by atoms with van der Waals surface area (Å²) in [7, 11) is -2.10. The van der Waals surface area contributed by atoms with Gasteiger partial charge in [0.1, 0.15) is 23.0 Å². The number of carbonyl (C=O) groups excluding carboxylic acids is 1. The molecule has 0 saturated heterocycles. The van der Waals surface area contributed by atoms with Crippen molar-refractivity contribution in [3.05, 3.63) is 63.3 Å². The summed E-state index contributed by atoms with van der Waals surface area (Å²) in [5.74, 6) is -0.834. The van der Waals surface area contributed by atoms with Crippen LogP contribution in [0.15, 0.2) is 35.3 Å². The van der Waals surface area contributed by atoms with Crippen LogP contribution in [-0.4, -0.2) is 67.4 Å². The lowest BCUT2D eigenvalue weighted by Crippen LogP contribution is -2.44. The molecule has 1 atom stereocenters. The summed E-state index contributed by atoms with van der Waals surface area (Å²) in [6.45, 7) is 3.90. The van der Waals surface area contributed by atoms with Crippen LogP contribution in [0.4, 0.5) is 4.39 Å². The van der Waals surface area contributed by atoms with Crippen molar-refractivity contribution in [3.63, 3.8) is 0 Å². The normalized spacial score (nSPS) is 14.9. The number of unbranched alkanes of at least 4 members (excludes halogenated alkanes) is 1. The molecule has 0 bridgehead atoms. The Morgan fingerprint density at radius 2 is 1.97 bits per heavy atom. The second-order valence-corrected chi connectivity index (χ2v) is 11.5. The van der Waals surface area contributed by atoms with Crippen LogP contribution in [0.3, 0.4) is 0 Å². The maximum Gasteiger partial charge on any atom is 0.347 e. The molecule has 0 unspecified atom stereocenters. The molecular formula is C27H32FN3O7S. The topological polar surface area (TPSA) is 117 Å². The van der Waals surface area contributed by atoms with Crippen molar-refractivity contribution in [2.45, 2.75) is 45.8 Å². The molecule has 1 aromatic carbocycles. The van der Waals surface area contributed by atoms with Crippen molar-refractivity contribution in [1.29, 1.82) is 0 Å². The highest BCUT2D eigenvalue weighted by Crippen LogP contribution is 2.38. The summed E-state index contributed by atoms with van der Waals surface area (Å²) >= 11 is 0. The summed E-state index contributed by atoms with van der Waals surface area (Å²) in [4.78, 5) is 31.4. The van der Waals surface area contributed by atoms with Gasteiger partial charge in [-0.1, -0.05) is 25.5 Å². The lowest BCUT2D eigenvalue weighted by Gasteiger charge is -2.31. The van der Waals surface area contributed by atoms with Gasteiger partial charge in [0.25, 0.3) is 5.56 Å². The standard InChI is InChI=1S/C27H32FN3O7S/c1-5-7-12-37-25-21(27(33)36-6-2)26(32)31-16-20(15-30(3)39(4,34)35)38-24-18(14-29-22(25)23(24)31)13-17-8-10-19(28)11-9-17/h8-11,14,20H,5-7,12-13,15-16H2,1-4H3/t20-/m0/s1. The van der Waals surface area contributed by atoms with Gasteiger partial charge >= 0.3 is 5.97 Å². The average molecular weight is 562 g/mol. The number of ether oxygens (including phenoxy) is 3. The Bertz CT molecular complexity index is 1540. The van der Waals surface area contributed by atoms with Gasteiger partial charge in [-0.15, -0.1) is 0 Å². The summed E-state index contributed by atoms with van der Waals surface area (Å²) in [6.07, 6.45) is 3.75. The van der Waals surface area contributed by atoms with Gasteiger partial charge < -0.3 is 14.2 Å². The van der Waals surface area contributed by atoms with Crippen LogP contribution in [0, 0.1) is 5.82 Å². The molecular weight excluding hydrogens is 529 g/mol. The minimum atomic E-state index is -3.53. The first-order chi connectivity index (χ1) is 18.5. The number of pyridine rings is 2. The third kappa shape index (κ3) is 6.06. The Balaban J connectivity index is 1.93. The predicted molar refractivity (Wildman–Crippen MR) is 143 cm³/mol. The van der Waals surface area contributed by atoms with E-state index in [1.54, 1.807) is 25.3 Å². The van der Waals surface area contributed by atoms with Crippen LogP contribution in [0.5, 0.6) is 11.5 Å². The number of halogens is 1. The molecule has 0 N–H and O–H groups in total. The monoisotopic (exact) mass is 561 g/mol. The van der Waals surface area contributed by atoms with E-state index in [4.69, 9.17) is 14.2 Å². The second kappa shape index (κ2) is 11.7. The lowest BCUT2D eigenvalue weighted by molar-refractivity contribution is 0.0517. The van der Waals surface area contributed by atoms with Crippen molar-refractivity contribution in [3.8, 4) is 11.5 Å². The van der Waals surface area contributed by atoms with E-state index >= 15 is 0 Å². The van der Waals surface area contributed by atoms with Crippen molar-refractivity contribution in [2.24, 2.45) is 0 Å². The van der Waals surface area contributed by atoms with Gasteiger partial charge in [-0.25, -0.2) is 21.9 Å². The summed E-state index contributed by atoms with van der Waals surface area (Å²) < 4.78 is 57.7. The Labute approximate surface area is 226 Å². The fourth-order valence-electron chi connectivity index (χ4n) is 4.41. The molecule has 2 aromatic heterocycles. The van der Waals surface area contributed by atoms with E-state index in [9.17, 15) is 22.4 Å². The van der Waals surface area contributed by atoms with Gasteiger partial charge in [0.05, 0.1) is 32.6 Å². The fourth-order valence-corrected chi connectivity index (χ4v) is 4.85. The third-order valence-corrected chi connectivity index (χ3v) is 7.76. The number of carbonyl (C=O) groups is 1. The number of rotatable bonds is 11. The zero-order valence-electron chi connectivity index (χ0n) is 22.4. The summed E-state index contributed by atoms with van der Waals surface area (Å²) in [6, 6.07) is 5.98. The highest BCUT2D eigenvalue weighted by Gasteiger charge is 2.34. The molecule has 0 spiro atoms. The number of nitrogens with zero attached hydrogens (tertiary/aromatic N) is 3. The predicted octanol–water partition coefficient (Wildman–Crippen LogP) is 3.13. The van der Waals surface area contributed by atoms with Gasteiger partial charge in [0, 0.05) is 25.2 Å². The van der Waals surface area contributed by atoms with E-state index < -0.39 is 27.7 Å². The zero-order valence-corrected chi connectivity index (χ0v) is 23.2. The van der Waals surface area contributed by atoms with Crippen molar-refractivity contribution in [1.82, 2.24) is 13.9 Å². The molecule has 3 heterocycles. The first-order valence-corrected chi connectivity index (χ1v) is 14.6. The number of esters is 1. The van der Waals surface area contributed by atoms with Crippen molar-refractivity contribution in [2.75, 3.05) is 33.1 Å². The molecule has 10 nitrogen and oxygen atoms in total. The maximum atomic E-state index is 13.8. The first-order valence-electron chi connectivity index (χ1n) is 12.8. The van der Waals surface area contributed by atoms with Gasteiger partial charge in [0.2, 0.25) is 10.0 Å². The molecule has 0 fully saturated rings. The number of hydrogen-bond acceptors (Lipinski definition) is 8. The van der Waals surface area contributed by atoms with E-state index in [-0.39, 0.29) is 49.0 Å². The molecule has 0 radical (unpaired) electrons. The number of likely N-dealkylation sites (N-methyl/N-ethyl adjacent to an activating group) is 1. The molecule has 12 heteroatoms. The van der Waals surface area contributed by atoms with E-state index in [2.05, 4.69) is 4.98 Å². The van der Waals surface area contributed by atoms with Gasteiger partial charge in [-0.3, -0.25) is 14.3 Å². The average Bonchev–Trinajstić information content (AvgIpc) is 2.88. The number of aromatic nitrogens is 2. The smallest absolute Gasteiger partial charge is 0.347 e. The SMILES string of the molecule is CCCCOc1c(C(=O)OCC)c(=O)n2c3c(c(Cc4ccc(F)cc4)cnc13)O[C@@H](CN(C)S(C)(=O)=O)C2. The molecule has 1 aliphatic rings. The molecule has 4 rings (SSSR count). The third-order valence-electron chi connectivity index (χ3n) is 6.48. The number of sulfonamides is 1. The Morgan fingerprint density at radius 3 is 2.62 bits per heavy atom. The van der Waals surface area contributed by atoms with E-state index in [1.165, 1.54) is 23.7 Å². The minimum Gasteiger partial charge on any atom is -0.490 e. The molecule has 3 aromatic rings. The first kappa shape index (κ1) is 28.5. The Morgan fingerprint density at radius 1 is 1.26 bits per heavy atom. The van der Waals surface area contributed by atoms with Gasteiger partial charge in [0.15, 0.2) is 17.1 Å². The summed E-state index contributed by atoms with van der Waals surface area (Å²) in [5.41, 5.74) is 1.10.